The Morgan fingerprint density at radius 3 is 2.44 bits per heavy atom. The van der Waals surface area contributed by atoms with E-state index in [2.05, 4.69) is 26.6 Å². The van der Waals surface area contributed by atoms with Crippen LogP contribution in [0.2, 0.25) is 0 Å². The summed E-state index contributed by atoms with van der Waals surface area (Å²) in [6.45, 7) is 0.0481. The number of carbonyl (C=O) groups is 2. The second kappa shape index (κ2) is 9.05. The molecule has 0 aliphatic heterocycles. The largest absolute Gasteiger partial charge is 0.467 e. The molecule has 0 unspecified atom stereocenters. The fourth-order valence-corrected chi connectivity index (χ4v) is 2.75. The van der Waals surface area contributed by atoms with Gasteiger partial charge >= 0.3 is 5.97 Å². The van der Waals surface area contributed by atoms with Crippen LogP contribution in [-0.2, 0) is 16.1 Å². The van der Waals surface area contributed by atoms with Crippen molar-refractivity contribution in [3.05, 3.63) is 82.7 Å². The molecule has 0 radical (unpaired) electrons. The second-order valence-corrected chi connectivity index (χ2v) is 6.44. The summed E-state index contributed by atoms with van der Waals surface area (Å²) < 4.78 is 11.2. The predicted octanol–water partition coefficient (Wildman–Crippen LogP) is 4.45. The van der Waals surface area contributed by atoms with Gasteiger partial charge in [-0.15, -0.1) is 0 Å². The third-order valence-electron chi connectivity index (χ3n) is 3.66. The van der Waals surface area contributed by atoms with E-state index in [1.807, 2.05) is 18.2 Å². The number of furan rings is 1. The van der Waals surface area contributed by atoms with Crippen molar-refractivity contribution in [2.45, 2.75) is 6.54 Å². The van der Waals surface area contributed by atoms with E-state index < -0.39 is 11.9 Å². The molecule has 0 aliphatic carbocycles. The summed E-state index contributed by atoms with van der Waals surface area (Å²) in [6, 6.07) is 17.8. The Bertz CT molecular complexity index is 925. The van der Waals surface area contributed by atoms with E-state index in [9.17, 15) is 9.59 Å². The molecular formula is C20H17BrN2O4. The number of nitrogens with one attached hydrogen (secondary N) is 2. The van der Waals surface area contributed by atoms with E-state index in [-0.39, 0.29) is 6.61 Å². The quantitative estimate of drug-likeness (QED) is 0.543. The first-order valence-electron chi connectivity index (χ1n) is 8.20. The molecule has 0 aliphatic rings. The summed E-state index contributed by atoms with van der Waals surface area (Å²) in [4.78, 5) is 24.4. The van der Waals surface area contributed by atoms with Gasteiger partial charge in [0, 0.05) is 10.2 Å². The first-order valence-corrected chi connectivity index (χ1v) is 8.99. The smallest absolute Gasteiger partial charge is 0.340 e. The van der Waals surface area contributed by atoms with Gasteiger partial charge in [0.2, 0.25) is 0 Å². The minimum Gasteiger partial charge on any atom is -0.467 e. The molecular weight excluding hydrogens is 412 g/mol. The van der Waals surface area contributed by atoms with Crippen LogP contribution in [0.4, 0.5) is 11.4 Å². The van der Waals surface area contributed by atoms with E-state index in [4.69, 9.17) is 9.15 Å². The maximum atomic E-state index is 12.4. The fourth-order valence-electron chi connectivity index (χ4n) is 2.37. The average molecular weight is 429 g/mol. The Hall–Kier alpha value is -3.06. The molecule has 3 rings (SSSR count). The molecule has 0 atom stereocenters. The van der Waals surface area contributed by atoms with Crippen molar-refractivity contribution in [1.29, 1.82) is 0 Å². The first kappa shape index (κ1) is 18.7. The molecule has 6 nitrogen and oxygen atoms in total. The highest BCUT2D eigenvalue weighted by molar-refractivity contribution is 9.10. The van der Waals surface area contributed by atoms with Gasteiger partial charge in [0.25, 0.3) is 5.91 Å². The van der Waals surface area contributed by atoms with Crippen LogP contribution < -0.4 is 10.6 Å². The predicted molar refractivity (Wildman–Crippen MR) is 106 cm³/mol. The SMILES string of the molecule is O=C(COC(=O)c1ccccc1NCc1ccco1)Nc1ccccc1Br. The molecule has 2 aromatic carbocycles. The molecule has 7 heteroatoms. The summed E-state index contributed by atoms with van der Waals surface area (Å²) in [5.74, 6) is -0.262. The Morgan fingerprint density at radius 1 is 0.963 bits per heavy atom. The second-order valence-electron chi connectivity index (χ2n) is 5.58. The van der Waals surface area contributed by atoms with Crippen LogP contribution in [0.25, 0.3) is 0 Å². The summed E-state index contributed by atoms with van der Waals surface area (Å²) in [5.41, 5.74) is 1.56. The monoisotopic (exact) mass is 428 g/mol. The molecule has 1 aromatic heterocycles. The van der Waals surface area contributed by atoms with Gasteiger partial charge < -0.3 is 19.8 Å². The van der Waals surface area contributed by atoms with Crippen LogP contribution in [0.1, 0.15) is 16.1 Å². The average Bonchev–Trinajstić information content (AvgIpc) is 3.20. The molecule has 1 heterocycles. The topological polar surface area (TPSA) is 80.6 Å². The zero-order chi connectivity index (χ0) is 19.1. The van der Waals surface area contributed by atoms with Crippen molar-refractivity contribution in [2.75, 3.05) is 17.2 Å². The number of rotatable bonds is 7. The minimum atomic E-state index is -0.583. The minimum absolute atomic E-state index is 0.345. The molecule has 0 bridgehead atoms. The number of esters is 1. The van der Waals surface area contributed by atoms with Crippen molar-refractivity contribution >= 4 is 39.2 Å². The van der Waals surface area contributed by atoms with E-state index in [1.165, 1.54) is 0 Å². The molecule has 1 amide bonds. The van der Waals surface area contributed by atoms with Gasteiger partial charge in [-0.05, 0) is 52.3 Å². The molecule has 3 aromatic rings. The summed E-state index contributed by atoms with van der Waals surface area (Å²) >= 11 is 3.35. The molecule has 2 N–H and O–H groups in total. The lowest BCUT2D eigenvalue weighted by molar-refractivity contribution is -0.119. The number of carbonyl (C=O) groups excluding carboxylic acids is 2. The Labute approximate surface area is 164 Å². The van der Waals surface area contributed by atoms with Gasteiger partial charge in [-0.1, -0.05) is 24.3 Å². The summed E-state index contributed by atoms with van der Waals surface area (Å²) in [7, 11) is 0. The van der Waals surface area contributed by atoms with Gasteiger partial charge in [-0.3, -0.25) is 4.79 Å². The molecule has 0 saturated heterocycles. The highest BCUT2D eigenvalue weighted by Gasteiger charge is 2.15. The van der Waals surface area contributed by atoms with Gasteiger partial charge in [0.15, 0.2) is 6.61 Å². The van der Waals surface area contributed by atoms with Gasteiger partial charge in [-0.2, -0.15) is 0 Å². The Balaban J connectivity index is 1.57. The third kappa shape index (κ3) is 5.21. The van der Waals surface area contributed by atoms with Gasteiger partial charge in [-0.25, -0.2) is 4.79 Å². The van der Waals surface area contributed by atoms with E-state index in [0.717, 1.165) is 10.2 Å². The lowest BCUT2D eigenvalue weighted by Gasteiger charge is -2.11. The lowest BCUT2D eigenvalue weighted by atomic mass is 10.2. The van der Waals surface area contributed by atoms with E-state index >= 15 is 0 Å². The summed E-state index contributed by atoms with van der Waals surface area (Å²) in [5, 5.41) is 5.81. The Kier molecular flexibility index (Phi) is 6.27. The number of para-hydroxylation sites is 2. The van der Waals surface area contributed by atoms with Crippen molar-refractivity contribution in [1.82, 2.24) is 0 Å². The lowest BCUT2D eigenvalue weighted by Crippen LogP contribution is -2.21. The fraction of sp³-hybridized carbons (Fsp3) is 0.100. The van der Waals surface area contributed by atoms with E-state index in [1.54, 1.807) is 48.7 Å². The van der Waals surface area contributed by atoms with Crippen LogP contribution in [0.3, 0.4) is 0 Å². The number of hydrogen-bond donors (Lipinski definition) is 2. The normalized spacial score (nSPS) is 10.3. The number of ether oxygens (including phenoxy) is 1. The van der Waals surface area contributed by atoms with Crippen LogP contribution in [0.15, 0.2) is 75.8 Å². The van der Waals surface area contributed by atoms with Crippen LogP contribution >= 0.6 is 15.9 Å². The summed E-state index contributed by atoms with van der Waals surface area (Å²) in [6.07, 6.45) is 1.58. The van der Waals surface area contributed by atoms with Crippen molar-refractivity contribution in [2.24, 2.45) is 0 Å². The van der Waals surface area contributed by atoms with Crippen molar-refractivity contribution in [3.8, 4) is 0 Å². The Morgan fingerprint density at radius 2 is 1.70 bits per heavy atom. The number of benzene rings is 2. The van der Waals surface area contributed by atoms with Crippen molar-refractivity contribution in [3.63, 3.8) is 0 Å². The molecule has 138 valence electrons. The third-order valence-corrected chi connectivity index (χ3v) is 4.35. The van der Waals surface area contributed by atoms with Gasteiger partial charge in [0.05, 0.1) is 24.1 Å². The first-order chi connectivity index (χ1) is 13.1. The molecule has 0 spiro atoms. The molecule has 0 saturated carbocycles. The number of amides is 1. The number of halogens is 1. The molecule has 27 heavy (non-hydrogen) atoms. The zero-order valence-corrected chi connectivity index (χ0v) is 15.9. The maximum absolute atomic E-state index is 12.4. The van der Waals surface area contributed by atoms with Crippen LogP contribution in [0.5, 0.6) is 0 Å². The standard InChI is InChI=1S/C20H17BrN2O4/c21-16-8-2-4-10-18(16)23-19(24)13-27-20(25)15-7-1-3-9-17(15)22-12-14-6-5-11-26-14/h1-11,22H,12-13H2,(H,23,24). The van der Waals surface area contributed by atoms with Crippen molar-refractivity contribution < 1.29 is 18.7 Å². The zero-order valence-electron chi connectivity index (χ0n) is 14.3. The maximum Gasteiger partial charge on any atom is 0.340 e. The van der Waals surface area contributed by atoms with Crippen LogP contribution in [-0.4, -0.2) is 18.5 Å². The van der Waals surface area contributed by atoms with Gasteiger partial charge in [0.1, 0.15) is 5.76 Å². The number of hydrogen-bond acceptors (Lipinski definition) is 5. The van der Waals surface area contributed by atoms with Crippen LogP contribution in [0, 0.1) is 0 Å². The van der Waals surface area contributed by atoms with E-state index in [0.29, 0.717) is 23.5 Å². The molecule has 0 fully saturated rings. The highest BCUT2D eigenvalue weighted by Crippen LogP contribution is 2.21. The highest BCUT2D eigenvalue weighted by atomic mass is 79.9. The number of anilines is 2.